The van der Waals surface area contributed by atoms with Crippen molar-refractivity contribution in [2.75, 3.05) is 13.7 Å². The Kier molecular flexibility index (Phi) is 3.88. The highest BCUT2D eigenvalue weighted by Crippen LogP contribution is 2.44. The molecule has 0 spiro atoms. The third-order valence-electron chi connectivity index (χ3n) is 3.61. The monoisotopic (exact) mass is 244 g/mol. The van der Waals surface area contributed by atoms with Gasteiger partial charge in [-0.2, -0.15) is 5.26 Å². The first kappa shape index (κ1) is 12.9. The van der Waals surface area contributed by atoms with Crippen LogP contribution in [0.3, 0.4) is 0 Å². The van der Waals surface area contributed by atoms with Crippen LogP contribution in [0.2, 0.25) is 0 Å². The second-order valence-electron chi connectivity index (χ2n) is 5.00. The maximum atomic E-state index is 9.00. The van der Waals surface area contributed by atoms with Gasteiger partial charge >= 0.3 is 0 Å². The Labute approximate surface area is 109 Å². The molecule has 96 valence electrons. The predicted octanol–water partition coefficient (Wildman–Crippen LogP) is 2.65. The van der Waals surface area contributed by atoms with Crippen LogP contribution in [0, 0.1) is 16.7 Å². The maximum Gasteiger partial charge on any atom is 0.122 e. The smallest absolute Gasteiger partial charge is 0.122 e. The molecule has 1 N–H and O–H groups in total. The quantitative estimate of drug-likeness (QED) is 0.836. The number of methoxy groups -OCH3 is 1. The summed E-state index contributed by atoms with van der Waals surface area (Å²) in [6.07, 6.45) is 3.05. The highest BCUT2D eigenvalue weighted by Gasteiger charge is 2.42. The van der Waals surface area contributed by atoms with Gasteiger partial charge in [0.05, 0.1) is 18.6 Å². The standard InChI is InChI=1S/C15H20N2O/c1-3-13-8-12(4-5-14(13)18-2)9-17-11-15(10-16)6-7-15/h4-5,8,17H,3,6-7,9,11H2,1-2H3. The van der Waals surface area contributed by atoms with Gasteiger partial charge in [-0.15, -0.1) is 0 Å². The third kappa shape index (κ3) is 2.83. The van der Waals surface area contributed by atoms with E-state index in [1.807, 2.05) is 6.07 Å². The van der Waals surface area contributed by atoms with Gasteiger partial charge in [0.25, 0.3) is 0 Å². The summed E-state index contributed by atoms with van der Waals surface area (Å²) < 4.78 is 5.31. The van der Waals surface area contributed by atoms with E-state index < -0.39 is 0 Å². The second kappa shape index (κ2) is 5.41. The summed E-state index contributed by atoms with van der Waals surface area (Å²) in [5, 5.41) is 12.4. The van der Waals surface area contributed by atoms with Crippen molar-refractivity contribution in [1.82, 2.24) is 5.32 Å². The summed E-state index contributed by atoms with van der Waals surface area (Å²) in [5.41, 5.74) is 2.42. The molecular weight excluding hydrogens is 224 g/mol. The fourth-order valence-corrected chi connectivity index (χ4v) is 2.14. The molecule has 2 rings (SSSR count). The number of nitrogens with one attached hydrogen (secondary N) is 1. The SMILES string of the molecule is CCc1cc(CNCC2(C#N)CC2)ccc1OC. The summed E-state index contributed by atoms with van der Waals surface area (Å²) in [4.78, 5) is 0. The summed E-state index contributed by atoms with van der Waals surface area (Å²) in [6.45, 7) is 3.75. The van der Waals surface area contributed by atoms with Crippen LogP contribution < -0.4 is 10.1 Å². The van der Waals surface area contributed by atoms with Gasteiger partial charge in [0.15, 0.2) is 0 Å². The van der Waals surface area contributed by atoms with E-state index in [1.54, 1.807) is 7.11 Å². The molecule has 0 radical (unpaired) electrons. The topological polar surface area (TPSA) is 45.0 Å². The molecule has 1 fully saturated rings. The van der Waals surface area contributed by atoms with Gasteiger partial charge in [0, 0.05) is 13.1 Å². The van der Waals surface area contributed by atoms with Crippen LogP contribution in [-0.4, -0.2) is 13.7 Å². The second-order valence-corrected chi connectivity index (χ2v) is 5.00. The number of nitriles is 1. The molecule has 18 heavy (non-hydrogen) atoms. The first-order chi connectivity index (χ1) is 8.73. The fraction of sp³-hybridized carbons (Fsp3) is 0.533. The summed E-state index contributed by atoms with van der Waals surface area (Å²) >= 11 is 0. The first-order valence-electron chi connectivity index (χ1n) is 6.51. The van der Waals surface area contributed by atoms with Crippen molar-refractivity contribution < 1.29 is 4.74 Å². The van der Waals surface area contributed by atoms with E-state index >= 15 is 0 Å². The zero-order valence-corrected chi connectivity index (χ0v) is 11.1. The molecule has 0 heterocycles. The van der Waals surface area contributed by atoms with Gasteiger partial charge in [0.2, 0.25) is 0 Å². The lowest BCUT2D eigenvalue weighted by Gasteiger charge is -2.11. The minimum atomic E-state index is -0.0694. The van der Waals surface area contributed by atoms with Gasteiger partial charge in [-0.05, 0) is 36.5 Å². The minimum absolute atomic E-state index is 0.0694. The van der Waals surface area contributed by atoms with Crippen LogP contribution >= 0.6 is 0 Å². The number of hydrogen-bond acceptors (Lipinski definition) is 3. The van der Waals surface area contributed by atoms with Crippen molar-refractivity contribution >= 4 is 0 Å². The Morgan fingerprint density at radius 2 is 2.22 bits per heavy atom. The van der Waals surface area contributed by atoms with E-state index in [0.717, 1.165) is 38.1 Å². The van der Waals surface area contributed by atoms with Crippen molar-refractivity contribution in [2.45, 2.75) is 32.7 Å². The van der Waals surface area contributed by atoms with E-state index in [4.69, 9.17) is 10.00 Å². The highest BCUT2D eigenvalue weighted by molar-refractivity contribution is 5.37. The fourth-order valence-electron chi connectivity index (χ4n) is 2.14. The van der Waals surface area contributed by atoms with E-state index in [9.17, 15) is 0 Å². The number of nitrogens with zero attached hydrogens (tertiary/aromatic N) is 1. The van der Waals surface area contributed by atoms with Crippen LogP contribution in [-0.2, 0) is 13.0 Å². The van der Waals surface area contributed by atoms with Gasteiger partial charge in [-0.1, -0.05) is 19.1 Å². The highest BCUT2D eigenvalue weighted by atomic mass is 16.5. The molecule has 0 aromatic heterocycles. The molecule has 0 saturated heterocycles. The van der Waals surface area contributed by atoms with Gasteiger partial charge in [-0.25, -0.2) is 0 Å². The van der Waals surface area contributed by atoms with Crippen LogP contribution in [0.15, 0.2) is 18.2 Å². The maximum absolute atomic E-state index is 9.00. The molecule has 1 aliphatic rings. The van der Waals surface area contributed by atoms with Crippen LogP contribution in [0.1, 0.15) is 30.9 Å². The molecule has 0 unspecified atom stereocenters. The van der Waals surface area contributed by atoms with Gasteiger partial charge in [0.1, 0.15) is 5.75 Å². The number of ether oxygens (including phenoxy) is 1. The molecular formula is C15H20N2O. The molecule has 3 heteroatoms. The summed E-state index contributed by atoms with van der Waals surface area (Å²) in [5.74, 6) is 0.955. The Morgan fingerprint density at radius 1 is 1.44 bits per heavy atom. The van der Waals surface area contributed by atoms with Gasteiger partial charge in [-0.3, -0.25) is 0 Å². The van der Waals surface area contributed by atoms with Crippen molar-refractivity contribution in [3.8, 4) is 11.8 Å². The van der Waals surface area contributed by atoms with Crippen LogP contribution in [0.25, 0.3) is 0 Å². The van der Waals surface area contributed by atoms with Gasteiger partial charge < -0.3 is 10.1 Å². The molecule has 1 aromatic rings. The Bertz CT molecular complexity index is 458. The number of aryl methyl sites for hydroxylation is 1. The Hall–Kier alpha value is -1.53. The molecule has 1 aliphatic carbocycles. The third-order valence-corrected chi connectivity index (χ3v) is 3.61. The Morgan fingerprint density at radius 3 is 2.78 bits per heavy atom. The Balaban J connectivity index is 1.92. The molecule has 0 amide bonds. The lowest BCUT2D eigenvalue weighted by atomic mass is 10.1. The zero-order valence-electron chi connectivity index (χ0n) is 11.1. The average Bonchev–Trinajstić information content (AvgIpc) is 3.19. The van der Waals surface area contributed by atoms with Crippen LogP contribution in [0.5, 0.6) is 5.75 Å². The average molecular weight is 244 g/mol. The minimum Gasteiger partial charge on any atom is -0.496 e. The van der Waals surface area contributed by atoms with E-state index in [-0.39, 0.29) is 5.41 Å². The van der Waals surface area contributed by atoms with E-state index in [2.05, 4.69) is 30.4 Å². The number of rotatable bonds is 6. The molecule has 0 aliphatic heterocycles. The molecule has 0 atom stereocenters. The lowest BCUT2D eigenvalue weighted by Crippen LogP contribution is -2.22. The van der Waals surface area contributed by atoms with Crippen molar-refractivity contribution in [1.29, 1.82) is 5.26 Å². The van der Waals surface area contributed by atoms with E-state index in [0.29, 0.717) is 0 Å². The van der Waals surface area contributed by atoms with Crippen molar-refractivity contribution in [3.05, 3.63) is 29.3 Å². The number of benzene rings is 1. The molecule has 1 saturated carbocycles. The zero-order chi connectivity index (χ0) is 13.0. The van der Waals surface area contributed by atoms with Crippen LogP contribution in [0.4, 0.5) is 0 Å². The van der Waals surface area contributed by atoms with Crippen molar-refractivity contribution in [3.63, 3.8) is 0 Å². The molecule has 1 aromatic carbocycles. The largest absolute Gasteiger partial charge is 0.496 e. The normalized spacial score (nSPS) is 16.1. The number of hydrogen-bond donors (Lipinski definition) is 1. The van der Waals surface area contributed by atoms with E-state index in [1.165, 1.54) is 11.1 Å². The summed E-state index contributed by atoms with van der Waals surface area (Å²) in [6, 6.07) is 8.68. The lowest BCUT2D eigenvalue weighted by molar-refractivity contribution is 0.410. The predicted molar refractivity (Wildman–Crippen MR) is 71.4 cm³/mol. The summed E-state index contributed by atoms with van der Waals surface area (Å²) in [7, 11) is 1.70. The first-order valence-corrected chi connectivity index (χ1v) is 6.51. The molecule has 0 bridgehead atoms. The van der Waals surface area contributed by atoms with Crippen molar-refractivity contribution in [2.24, 2.45) is 5.41 Å². The molecule has 3 nitrogen and oxygen atoms in total.